The average molecular weight is 479 g/mol. The number of halogens is 3. The molecular weight excluding hydrogens is 449 g/mol. The van der Waals surface area contributed by atoms with Crippen molar-refractivity contribution in [3.8, 4) is 0 Å². The van der Waals surface area contributed by atoms with E-state index >= 15 is 0 Å². The first-order valence-corrected chi connectivity index (χ1v) is 12.3. The molecule has 3 heterocycles. The second-order valence-corrected chi connectivity index (χ2v) is 10.8. The van der Waals surface area contributed by atoms with Crippen molar-refractivity contribution in [3.63, 3.8) is 0 Å². The zero-order valence-electron chi connectivity index (χ0n) is 18.0. The molecule has 0 aromatic heterocycles. The van der Waals surface area contributed by atoms with Crippen LogP contribution in [0.2, 0.25) is 0 Å². The average Bonchev–Trinajstić information content (AvgIpc) is 3.36. The minimum Gasteiger partial charge on any atom is -0.475 e. The molecule has 1 aromatic rings. The van der Waals surface area contributed by atoms with Crippen molar-refractivity contribution in [1.82, 2.24) is 4.31 Å². The number of anilines is 1. The molecular formula is C21H29F3N2O5S. The summed E-state index contributed by atoms with van der Waals surface area (Å²) in [4.78, 5) is 11.4. The fourth-order valence-electron chi connectivity index (χ4n) is 4.74. The number of carboxylic acid groups (broad SMARTS) is 1. The number of carboxylic acids is 1. The van der Waals surface area contributed by atoms with Crippen LogP contribution < -0.4 is 4.90 Å². The number of alkyl halides is 3. The largest absolute Gasteiger partial charge is 0.490 e. The smallest absolute Gasteiger partial charge is 0.475 e. The highest BCUT2D eigenvalue weighted by molar-refractivity contribution is 7.89. The molecule has 32 heavy (non-hydrogen) atoms. The molecule has 11 heteroatoms. The number of nitrogens with zero attached hydrogens (tertiary/aromatic N) is 2. The number of para-hydroxylation sites is 1. The van der Waals surface area contributed by atoms with E-state index in [0.29, 0.717) is 19.0 Å². The highest BCUT2D eigenvalue weighted by Crippen LogP contribution is 2.47. The fourth-order valence-corrected chi connectivity index (χ4v) is 5.84. The first-order valence-electron chi connectivity index (χ1n) is 10.7. The fraction of sp³-hybridized carbons (Fsp3) is 0.667. The molecule has 0 bridgehead atoms. The van der Waals surface area contributed by atoms with E-state index in [0.717, 1.165) is 45.6 Å². The minimum absolute atomic E-state index is 0.107. The number of carbonyl (C=O) groups is 1. The number of fused-ring (bicyclic) bond motifs is 2. The van der Waals surface area contributed by atoms with Gasteiger partial charge >= 0.3 is 12.1 Å². The number of ether oxygens (including phenoxy) is 1. The number of hydrogen-bond donors (Lipinski definition) is 1. The number of benzene rings is 1. The van der Waals surface area contributed by atoms with Crippen molar-refractivity contribution in [2.75, 3.05) is 50.0 Å². The lowest BCUT2D eigenvalue weighted by Crippen LogP contribution is -2.47. The lowest BCUT2D eigenvalue weighted by atomic mass is 9.75. The van der Waals surface area contributed by atoms with Gasteiger partial charge in [-0.15, -0.1) is 0 Å². The third-order valence-electron chi connectivity index (χ3n) is 6.49. The number of sulfonamides is 1. The molecule has 4 rings (SSSR count). The summed E-state index contributed by atoms with van der Waals surface area (Å²) >= 11 is 0. The van der Waals surface area contributed by atoms with Gasteiger partial charge in [-0.2, -0.15) is 13.2 Å². The predicted octanol–water partition coefficient (Wildman–Crippen LogP) is 2.86. The number of aliphatic carboxylic acids is 1. The van der Waals surface area contributed by atoms with E-state index in [4.69, 9.17) is 14.6 Å². The first kappa shape index (κ1) is 24.8. The monoisotopic (exact) mass is 478 g/mol. The van der Waals surface area contributed by atoms with Crippen molar-refractivity contribution in [3.05, 3.63) is 29.8 Å². The van der Waals surface area contributed by atoms with Crippen molar-refractivity contribution in [2.24, 2.45) is 5.92 Å². The van der Waals surface area contributed by atoms with Gasteiger partial charge in [-0.05, 0) is 37.8 Å². The van der Waals surface area contributed by atoms with E-state index in [1.54, 1.807) is 11.2 Å². The van der Waals surface area contributed by atoms with Crippen LogP contribution in [0, 0.1) is 5.92 Å². The van der Waals surface area contributed by atoms with Crippen LogP contribution in [0.15, 0.2) is 24.3 Å². The number of rotatable bonds is 4. The zero-order valence-corrected chi connectivity index (χ0v) is 18.8. The minimum atomic E-state index is -5.08. The third kappa shape index (κ3) is 5.37. The summed E-state index contributed by atoms with van der Waals surface area (Å²) in [6.45, 7) is 6.84. The van der Waals surface area contributed by atoms with E-state index < -0.39 is 22.2 Å². The lowest BCUT2D eigenvalue weighted by molar-refractivity contribution is -0.192. The second-order valence-electron chi connectivity index (χ2n) is 8.51. The normalized spacial score (nSPS) is 23.0. The summed E-state index contributed by atoms with van der Waals surface area (Å²) in [5.41, 5.74) is 2.87. The highest BCUT2D eigenvalue weighted by Gasteiger charge is 2.46. The van der Waals surface area contributed by atoms with E-state index in [1.165, 1.54) is 11.3 Å². The molecule has 1 atom stereocenters. The molecule has 2 fully saturated rings. The van der Waals surface area contributed by atoms with E-state index in [-0.39, 0.29) is 11.2 Å². The lowest BCUT2D eigenvalue weighted by Gasteiger charge is -2.39. The Bertz CT molecular complexity index is 908. The van der Waals surface area contributed by atoms with E-state index in [1.807, 2.05) is 0 Å². The van der Waals surface area contributed by atoms with Crippen LogP contribution in [0.3, 0.4) is 0 Å². The molecule has 180 valence electrons. The van der Waals surface area contributed by atoms with Crippen molar-refractivity contribution < 1.29 is 36.2 Å². The van der Waals surface area contributed by atoms with Gasteiger partial charge in [-0.1, -0.05) is 18.2 Å². The number of piperidine rings is 1. The topological polar surface area (TPSA) is 87.2 Å². The molecule has 0 aliphatic carbocycles. The maximum atomic E-state index is 12.2. The maximum Gasteiger partial charge on any atom is 0.490 e. The molecule has 0 radical (unpaired) electrons. The standard InChI is InChI=1S/C19H28N2O3S.C2HF3O2/c1-2-25(22,23)21-10-8-19(9-11-21)15-20(13-16-7-12-24-14-16)18-6-4-3-5-17(18)19;3-2(4,5)1(6)7/h3-6,16H,2,7-15H2,1H3;(H,6,7). The van der Waals surface area contributed by atoms with Crippen LogP contribution in [0.25, 0.3) is 0 Å². The predicted molar refractivity (Wildman–Crippen MR) is 113 cm³/mol. The molecule has 2 saturated heterocycles. The van der Waals surface area contributed by atoms with Gasteiger partial charge < -0.3 is 14.7 Å². The maximum absolute atomic E-state index is 12.2. The molecule has 1 N–H and O–H groups in total. The Hall–Kier alpha value is -1.85. The van der Waals surface area contributed by atoms with Gasteiger partial charge in [0.05, 0.1) is 12.4 Å². The van der Waals surface area contributed by atoms with Crippen molar-refractivity contribution >= 4 is 21.7 Å². The quantitative estimate of drug-likeness (QED) is 0.716. The van der Waals surface area contributed by atoms with Gasteiger partial charge in [0.25, 0.3) is 0 Å². The first-order chi connectivity index (χ1) is 15.0. The Kier molecular flexibility index (Phi) is 7.41. The van der Waals surface area contributed by atoms with Gasteiger partial charge in [-0.3, -0.25) is 0 Å². The van der Waals surface area contributed by atoms with E-state index in [9.17, 15) is 21.6 Å². The SMILES string of the molecule is CCS(=O)(=O)N1CCC2(CC1)CN(CC1CCOC1)c1ccccc12.O=C(O)C(F)(F)F. The molecule has 1 unspecified atom stereocenters. The molecule has 1 spiro atoms. The van der Waals surface area contributed by atoms with Crippen LogP contribution in [0.5, 0.6) is 0 Å². The van der Waals surface area contributed by atoms with Crippen LogP contribution in [-0.4, -0.2) is 75.1 Å². The second kappa shape index (κ2) is 9.56. The summed E-state index contributed by atoms with van der Waals surface area (Å²) in [6.07, 6.45) is -2.10. The molecule has 1 aromatic carbocycles. The summed E-state index contributed by atoms with van der Waals surface area (Å²) in [5, 5.41) is 7.12. The Balaban J connectivity index is 0.000000360. The molecule has 3 aliphatic rings. The summed E-state index contributed by atoms with van der Waals surface area (Å²) < 4.78 is 63.4. The highest BCUT2D eigenvalue weighted by atomic mass is 32.2. The third-order valence-corrected chi connectivity index (χ3v) is 8.37. The summed E-state index contributed by atoms with van der Waals surface area (Å²) in [6, 6.07) is 8.73. The molecule has 0 saturated carbocycles. The van der Waals surface area contributed by atoms with Gasteiger partial charge in [0.2, 0.25) is 10.0 Å². The van der Waals surface area contributed by atoms with Crippen LogP contribution in [0.1, 0.15) is 31.7 Å². The van der Waals surface area contributed by atoms with Gasteiger partial charge in [0, 0.05) is 49.8 Å². The van der Waals surface area contributed by atoms with Crippen LogP contribution in [0.4, 0.5) is 18.9 Å². The summed E-state index contributed by atoms with van der Waals surface area (Å²) in [7, 11) is -3.07. The van der Waals surface area contributed by atoms with Gasteiger partial charge in [-0.25, -0.2) is 17.5 Å². The van der Waals surface area contributed by atoms with Crippen LogP contribution in [-0.2, 0) is 25.0 Å². The van der Waals surface area contributed by atoms with Crippen molar-refractivity contribution in [1.29, 1.82) is 0 Å². The Morgan fingerprint density at radius 2 is 1.88 bits per heavy atom. The van der Waals surface area contributed by atoms with E-state index in [2.05, 4.69) is 29.2 Å². The Labute approximate surface area is 186 Å². The number of hydrogen-bond acceptors (Lipinski definition) is 5. The van der Waals surface area contributed by atoms with Gasteiger partial charge in [0.15, 0.2) is 0 Å². The Morgan fingerprint density at radius 3 is 2.41 bits per heavy atom. The Morgan fingerprint density at radius 1 is 1.25 bits per heavy atom. The summed E-state index contributed by atoms with van der Waals surface area (Å²) in [5.74, 6) is -1.94. The van der Waals surface area contributed by atoms with Gasteiger partial charge in [0.1, 0.15) is 0 Å². The van der Waals surface area contributed by atoms with Crippen LogP contribution >= 0.6 is 0 Å². The van der Waals surface area contributed by atoms with Crippen molar-refractivity contribution in [2.45, 2.75) is 37.8 Å². The molecule has 0 amide bonds. The molecule has 3 aliphatic heterocycles. The zero-order chi connectivity index (χ0) is 23.6. The molecule has 7 nitrogen and oxygen atoms in total.